The van der Waals surface area contributed by atoms with Crippen LogP contribution in [0.1, 0.15) is 12.5 Å². The predicted molar refractivity (Wildman–Crippen MR) is 62.5 cm³/mol. The molecule has 2 heteroatoms. The van der Waals surface area contributed by atoms with Crippen LogP contribution in [0.5, 0.6) is 0 Å². The first-order chi connectivity index (χ1) is 7.27. The molecule has 0 amide bonds. The summed E-state index contributed by atoms with van der Waals surface area (Å²) in [5, 5.41) is 11.5. The Hall–Kier alpha value is -1.67. The minimum Gasteiger partial charge on any atom is -0.389 e. The van der Waals surface area contributed by atoms with Crippen molar-refractivity contribution in [2.45, 2.75) is 13.0 Å². The number of nitrogens with zero attached hydrogens (tertiary/aromatic N) is 1. The van der Waals surface area contributed by atoms with Gasteiger partial charge in [0, 0.05) is 23.3 Å². The third kappa shape index (κ3) is 2.22. The van der Waals surface area contributed by atoms with Crippen LogP contribution in [0, 0.1) is 0 Å². The number of hydrogen-bond donors (Lipinski definition) is 1. The van der Waals surface area contributed by atoms with Gasteiger partial charge in [0.25, 0.3) is 0 Å². The molecule has 2 aromatic rings. The summed E-state index contributed by atoms with van der Waals surface area (Å²) in [6.45, 7) is 1.73. The van der Waals surface area contributed by atoms with Crippen LogP contribution in [0.15, 0.2) is 42.7 Å². The highest BCUT2D eigenvalue weighted by Gasteiger charge is 1.97. The number of aromatic nitrogens is 1. The van der Waals surface area contributed by atoms with Gasteiger partial charge in [-0.2, -0.15) is 0 Å². The third-order valence-electron chi connectivity index (χ3n) is 2.25. The molecule has 0 bridgehead atoms. The molecule has 0 aliphatic rings. The minimum atomic E-state index is -0.427. The van der Waals surface area contributed by atoms with E-state index in [4.69, 9.17) is 0 Å². The summed E-state index contributed by atoms with van der Waals surface area (Å²) in [7, 11) is 0. The first-order valence-corrected chi connectivity index (χ1v) is 4.96. The second-order valence-corrected chi connectivity index (χ2v) is 3.55. The number of benzene rings is 1. The molecular weight excluding hydrogens is 186 g/mol. The van der Waals surface area contributed by atoms with Crippen LogP contribution in [0.4, 0.5) is 0 Å². The van der Waals surface area contributed by atoms with Gasteiger partial charge in [-0.25, -0.2) is 0 Å². The first kappa shape index (κ1) is 9.87. The molecule has 0 saturated carbocycles. The molecule has 15 heavy (non-hydrogen) atoms. The maximum atomic E-state index is 9.18. The van der Waals surface area contributed by atoms with Gasteiger partial charge in [-0.3, -0.25) is 4.98 Å². The Morgan fingerprint density at radius 1 is 1.27 bits per heavy atom. The summed E-state index contributed by atoms with van der Waals surface area (Å²) in [6.07, 6.45) is 6.88. The van der Waals surface area contributed by atoms with Gasteiger partial charge in [0.1, 0.15) is 0 Å². The lowest BCUT2D eigenvalue weighted by Crippen LogP contribution is -1.91. The van der Waals surface area contributed by atoms with E-state index in [1.54, 1.807) is 19.2 Å². The van der Waals surface area contributed by atoms with Crippen molar-refractivity contribution >= 4 is 16.8 Å². The zero-order chi connectivity index (χ0) is 10.7. The normalized spacial score (nSPS) is 13.5. The summed E-state index contributed by atoms with van der Waals surface area (Å²) < 4.78 is 0. The summed E-state index contributed by atoms with van der Waals surface area (Å²) in [6, 6.07) is 8.08. The molecule has 1 unspecified atom stereocenters. The molecular formula is C13H13NO. The van der Waals surface area contributed by atoms with Crippen LogP contribution in [0.3, 0.4) is 0 Å². The molecule has 0 fully saturated rings. The van der Waals surface area contributed by atoms with E-state index in [1.807, 2.05) is 30.5 Å². The largest absolute Gasteiger partial charge is 0.389 e. The van der Waals surface area contributed by atoms with Gasteiger partial charge in [-0.05, 0) is 12.3 Å². The second-order valence-electron chi connectivity index (χ2n) is 3.55. The Balaban J connectivity index is 2.51. The van der Waals surface area contributed by atoms with Crippen LogP contribution in [-0.4, -0.2) is 16.2 Å². The molecule has 1 aromatic heterocycles. The minimum absolute atomic E-state index is 0.427. The Morgan fingerprint density at radius 2 is 2.07 bits per heavy atom. The van der Waals surface area contributed by atoms with Gasteiger partial charge in [-0.1, -0.05) is 36.4 Å². The fourth-order valence-electron chi connectivity index (χ4n) is 1.52. The van der Waals surface area contributed by atoms with Crippen molar-refractivity contribution in [2.24, 2.45) is 0 Å². The number of pyridine rings is 1. The lowest BCUT2D eigenvalue weighted by Gasteiger charge is -2.01. The predicted octanol–water partition coefficient (Wildman–Crippen LogP) is 2.63. The van der Waals surface area contributed by atoms with Gasteiger partial charge >= 0.3 is 0 Å². The van der Waals surface area contributed by atoms with Crippen molar-refractivity contribution in [1.29, 1.82) is 0 Å². The van der Waals surface area contributed by atoms with E-state index in [-0.39, 0.29) is 0 Å². The lowest BCUT2D eigenvalue weighted by atomic mass is 10.1. The summed E-state index contributed by atoms with van der Waals surface area (Å²) >= 11 is 0. The SMILES string of the molecule is CC(O)/C=C/c1cncc2ccccc12. The summed E-state index contributed by atoms with van der Waals surface area (Å²) in [5.41, 5.74) is 1.04. The van der Waals surface area contributed by atoms with E-state index in [2.05, 4.69) is 11.1 Å². The molecule has 1 aromatic carbocycles. The monoisotopic (exact) mass is 199 g/mol. The molecule has 0 aliphatic carbocycles. The molecule has 0 saturated heterocycles. The Morgan fingerprint density at radius 3 is 2.87 bits per heavy atom. The summed E-state index contributed by atoms with van der Waals surface area (Å²) in [5.74, 6) is 0. The average molecular weight is 199 g/mol. The zero-order valence-electron chi connectivity index (χ0n) is 8.59. The zero-order valence-corrected chi connectivity index (χ0v) is 8.59. The fourth-order valence-corrected chi connectivity index (χ4v) is 1.52. The molecule has 2 rings (SSSR count). The number of rotatable bonds is 2. The quantitative estimate of drug-likeness (QED) is 0.806. The van der Waals surface area contributed by atoms with Gasteiger partial charge < -0.3 is 5.11 Å². The summed E-state index contributed by atoms with van der Waals surface area (Å²) in [4.78, 5) is 4.16. The molecule has 1 heterocycles. The molecule has 1 atom stereocenters. The fraction of sp³-hybridized carbons (Fsp3) is 0.154. The van der Waals surface area contributed by atoms with Crippen LogP contribution in [0.25, 0.3) is 16.8 Å². The van der Waals surface area contributed by atoms with E-state index in [1.165, 1.54) is 0 Å². The number of hydrogen-bond acceptors (Lipinski definition) is 2. The Kier molecular flexibility index (Phi) is 2.79. The molecule has 1 N–H and O–H groups in total. The molecule has 2 nitrogen and oxygen atoms in total. The number of aliphatic hydroxyl groups is 1. The van der Waals surface area contributed by atoms with Crippen LogP contribution >= 0.6 is 0 Å². The average Bonchev–Trinajstić information content (AvgIpc) is 2.26. The first-order valence-electron chi connectivity index (χ1n) is 4.96. The molecule has 0 aliphatic heterocycles. The lowest BCUT2D eigenvalue weighted by molar-refractivity contribution is 0.245. The topological polar surface area (TPSA) is 33.1 Å². The van der Waals surface area contributed by atoms with Crippen molar-refractivity contribution < 1.29 is 5.11 Å². The Labute approximate surface area is 88.9 Å². The van der Waals surface area contributed by atoms with Gasteiger partial charge in [0.05, 0.1) is 6.10 Å². The number of aliphatic hydroxyl groups excluding tert-OH is 1. The number of fused-ring (bicyclic) bond motifs is 1. The van der Waals surface area contributed by atoms with Crippen molar-refractivity contribution in [3.05, 3.63) is 48.3 Å². The van der Waals surface area contributed by atoms with Crippen molar-refractivity contribution in [3.8, 4) is 0 Å². The van der Waals surface area contributed by atoms with Gasteiger partial charge in [0.2, 0.25) is 0 Å². The highest BCUT2D eigenvalue weighted by Crippen LogP contribution is 2.18. The van der Waals surface area contributed by atoms with E-state index in [0.717, 1.165) is 16.3 Å². The van der Waals surface area contributed by atoms with E-state index in [9.17, 15) is 5.11 Å². The van der Waals surface area contributed by atoms with Crippen LogP contribution in [-0.2, 0) is 0 Å². The standard InChI is InChI=1S/C13H13NO/c1-10(15)6-7-12-9-14-8-11-4-2-3-5-13(11)12/h2-10,15H,1H3/b7-6+. The van der Waals surface area contributed by atoms with Gasteiger partial charge in [-0.15, -0.1) is 0 Å². The molecule has 0 radical (unpaired) electrons. The Bertz CT molecular complexity index is 483. The van der Waals surface area contributed by atoms with Crippen molar-refractivity contribution in [2.75, 3.05) is 0 Å². The van der Waals surface area contributed by atoms with Gasteiger partial charge in [0.15, 0.2) is 0 Å². The van der Waals surface area contributed by atoms with Crippen LogP contribution < -0.4 is 0 Å². The van der Waals surface area contributed by atoms with E-state index < -0.39 is 6.10 Å². The van der Waals surface area contributed by atoms with Crippen LogP contribution in [0.2, 0.25) is 0 Å². The van der Waals surface area contributed by atoms with Crippen molar-refractivity contribution in [1.82, 2.24) is 4.98 Å². The highest BCUT2D eigenvalue weighted by atomic mass is 16.3. The highest BCUT2D eigenvalue weighted by molar-refractivity contribution is 5.89. The smallest absolute Gasteiger partial charge is 0.0696 e. The molecule has 76 valence electrons. The maximum Gasteiger partial charge on any atom is 0.0696 e. The maximum absolute atomic E-state index is 9.18. The van der Waals surface area contributed by atoms with E-state index >= 15 is 0 Å². The third-order valence-corrected chi connectivity index (χ3v) is 2.25. The van der Waals surface area contributed by atoms with E-state index in [0.29, 0.717) is 0 Å². The van der Waals surface area contributed by atoms with Crippen molar-refractivity contribution in [3.63, 3.8) is 0 Å². The molecule has 0 spiro atoms. The second kappa shape index (κ2) is 4.24.